The lowest BCUT2D eigenvalue weighted by molar-refractivity contribution is -0.139. The molecule has 0 spiro atoms. The van der Waals surface area contributed by atoms with Gasteiger partial charge in [-0.05, 0) is 63.3 Å². The number of likely N-dealkylation sites (tertiary alicyclic amines) is 1. The van der Waals surface area contributed by atoms with Crippen LogP contribution in [0, 0.1) is 18.8 Å². The van der Waals surface area contributed by atoms with E-state index >= 15 is 0 Å². The maximum absolute atomic E-state index is 11.3. The minimum atomic E-state index is -0.751. The summed E-state index contributed by atoms with van der Waals surface area (Å²) in [7, 11) is 0. The van der Waals surface area contributed by atoms with Crippen LogP contribution in [0.5, 0.6) is 0 Å². The summed E-state index contributed by atoms with van der Waals surface area (Å²) in [5.74, 6) is 0.182. The van der Waals surface area contributed by atoms with Crippen molar-refractivity contribution in [3.63, 3.8) is 0 Å². The zero-order valence-corrected chi connectivity index (χ0v) is 24.2. The molecule has 2 aliphatic rings. The highest BCUT2D eigenvalue weighted by atomic mass is 35.5. The van der Waals surface area contributed by atoms with E-state index in [1.807, 2.05) is 30.7 Å². The number of hydrogen-bond acceptors (Lipinski definition) is 8. The Labute approximate surface area is 243 Å². The number of aliphatic carboxylic acids is 1. The van der Waals surface area contributed by atoms with Crippen molar-refractivity contribution < 1.29 is 19.4 Å². The van der Waals surface area contributed by atoms with Gasteiger partial charge in [-0.2, -0.15) is 5.10 Å². The number of carbonyl (C=O) groups excluding carboxylic acids is 1. The number of halogens is 2. The van der Waals surface area contributed by atoms with Crippen molar-refractivity contribution in [3.8, 4) is 0 Å². The van der Waals surface area contributed by atoms with Gasteiger partial charge in [0.25, 0.3) is 6.47 Å². The van der Waals surface area contributed by atoms with E-state index in [9.17, 15) is 14.7 Å². The van der Waals surface area contributed by atoms with Gasteiger partial charge in [-0.25, -0.2) is 14.6 Å². The van der Waals surface area contributed by atoms with Crippen molar-refractivity contribution in [2.24, 2.45) is 11.8 Å². The van der Waals surface area contributed by atoms with Gasteiger partial charge in [-0.1, -0.05) is 29.3 Å². The first kappa shape index (κ1) is 28.6. The van der Waals surface area contributed by atoms with E-state index in [2.05, 4.69) is 9.80 Å². The number of nitrogens with zero attached hydrogens (tertiary/aromatic N) is 6. The Morgan fingerprint density at radius 2 is 2.08 bits per heavy atom. The summed E-state index contributed by atoms with van der Waals surface area (Å²) in [6, 6.07) is 5.45. The lowest BCUT2D eigenvalue weighted by Crippen LogP contribution is -2.55. The number of rotatable bonds is 9. The second-order valence-corrected chi connectivity index (χ2v) is 11.7. The fourth-order valence-electron chi connectivity index (χ4n) is 6.28. The SMILES string of the molecule is Cc1nn(C(C)c2ccc(Cl)cc2Cl)c2nc(N3CCC(N4CCCC(CC(=O)O)C4)[C@H](COC=O)C3)cnc12. The Morgan fingerprint density at radius 1 is 1.25 bits per heavy atom. The average Bonchev–Trinajstić information content (AvgIpc) is 3.27. The number of carboxylic acids is 1. The minimum Gasteiger partial charge on any atom is -0.481 e. The molecule has 1 N–H and O–H groups in total. The third-order valence-electron chi connectivity index (χ3n) is 8.22. The number of aryl methyl sites for hydroxylation is 1. The van der Waals surface area contributed by atoms with E-state index in [0.717, 1.165) is 61.5 Å². The maximum atomic E-state index is 11.3. The van der Waals surface area contributed by atoms with E-state index in [0.29, 0.717) is 35.3 Å². The monoisotopic (exact) mass is 588 g/mol. The number of aromatic nitrogens is 4. The molecule has 3 unspecified atom stereocenters. The summed E-state index contributed by atoms with van der Waals surface area (Å²) in [5, 5.41) is 15.2. The molecular weight excluding hydrogens is 555 g/mol. The molecule has 1 aromatic carbocycles. The number of carbonyl (C=O) groups is 2. The van der Waals surface area contributed by atoms with Crippen LogP contribution in [0.3, 0.4) is 0 Å². The van der Waals surface area contributed by atoms with Gasteiger partial charge in [0, 0.05) is 48.1 Å². The van der Waals surface area contributed by atoms with Crippen LogP contribution < -0.4 is 4.90 Å². The molecule has 2 aromatic heterocycles. The van der Waals surface area contributed by atoms with E-state index in [1.165, 1.54) is 0 Å². The molecule has 3 aromatic rings. The van der Waals surface area contributed by atoms with Crippen molar-refractivity contribution >= 4 is 52.6 Å². The first-order valence-electron chi connectivity index (χ1n) is 13.7. The van der Waals surface area contributed by atoms with Crippen molar-refractivity contribution in [1.29, 1.82) is 0 Å². The molecule has 2 saturated heterocycles. The summed E-state index contributed by atoms with van der Waals surface area (Å²) in [6.07, 6.45) is 4.72. The van der Waals surface area contributed by atoms with E-state index in [4.69, 9.17) is 43.0 Å². The van der Waals surface area contributed by atoms with E-state index in [1.54, 1.807) is 12.3 Å². The Balaban J connectivity index is 1.39. The normalized spacial score (nSPS) is 22.8. The number of benzene rings is 1. The van der Waals surface area contributed by atoms with Crippen LogP contribution in [0.4, 0.5) is 5.82 Å². The number of ether oxygens (including phenoxy) is 1. The van der Waals surface area contributed by atoms with Gasteiger partial charge in [0.1, 0.15) is 11.3 Å². The molecule has 0 saturated carbocycles. The van der Waals surface area contributed by atoms with Crippen molar-refractivity contribution in [3.05, 3.63) is 45.7 Å². The minimum absolute atomic E-state index is 0.0541. The third-order valence-corrected chi connectivity index (χ3v) is 8.78. The lowest BCUT2D eigenvalue weighted by Gasteiger charge is -2.46. The van der Waals surface area contributed by atoms with Crippen LogP contribution in [0.1, 0.15) is 49.9 Å². The Bertz CT molecular complexity index is 1380. The average molecular weight is 590 g/mol. The van der Waals surface area contributed by atoms with Gasteiger partial charge >= 0.3 is 5.97 Å². The predicted octanol–water partition coefficient (Wildman–Crippen LogP) is 4.61. The summed E-state index contributed by atoms with van der Waals surface area (Å²) in [4.78, 5) is 36.7. The Hall–Kier alpha value is -2.95. The predicted molar refractivity (Wildman–Crippen MR) is 153 cm³/mol. The fourth-order valence-corrected chi connectivity index (χ4v) is 6.85. The van der Waals surface area contributed by atoms with Gasteiger partial charge in [0.05, 0.1) is 24.5 Å². The van der Waals surface area contributed by atoms with Gasteiger partial charge in [-0.3, -0.25) is 14.5 Å². The highest BCUT2D eigenvalue weighted by Gasteiger charge is 2.37. The zero-order valence-electron chi connectivity index (χ0n) is 22.7. The first-order valence-corrected chi connectivity index (χ1v) is 14.4. The summed E-state index contributed by atoms with van der Waals surface area (Å²) >= 11 is 12.6. The summed E-state index contributed by atoms with van der Waals surface area (Å²) < 4.78 is 7.12. The number of fused-ring (bicyclic) bond motifs is 1. The number of piperidine rings is 2. The molecule has 5 rings (SSSR count). The Morgan fingerprint density at radius 3 is 2.83 bits per heavy atom. The Kier molecular flexibility index (Phi) is 8.77. The van der Waals surface area contributed by atoms with Crippen LogP contribution in [0.25, 0.3) is 11.2 Å². The van der Waals surface area contributed by atoms with Crippen LogP contribution in [-0.4, -0.2) is 81.0 Å². The van der Waals surface area contributed by atoms with Gasteiger partial charge < -0.3 is 14.7 Å². The van der Waals surface area contributed by atoms with Crippen LogP contribution in [0.15, 0.2) is 24.4 Å². The molecule has 4 heterocycles. The summed E-state index contributed by atoms with van der Waals surface area (Å²) in [5.41, 5.74) is 3.07. The molecule has 0 aliphatic carbocycles. The first-order chi connectivity index (χ1) is 19.2. The van der Waals surface area contributed by atoms with Gasteiger partial charge in [-0.15, -0.1) is 0 Å². The van der Waals surface area contributed by atoms with Gasteiger partial charge in [0.2, 0.25) is 0 Å². The molecule has 0 amide bonds. The molecule has 40 heavy (non-hydrogen) atoms. The molecular formula is C28H34Cl2N6O4. The van der Waals surface area contributed by atoms with E-state index < -0.39 is 5.97 Å². The molecule has 12 heteroatoms. The number of hydrogen-bond donors (Lipinski definition) is 1. The number of anilines is 1. The highest BCUT2D eigenvalue weighted by molar-refractivity contribution is 6.35. The van der Waals surface area contributed by atoms with Gasteiger partial charge in [0.15, 0.2) is 5.65 Å². The van der Waals surface area contributed by atoms with Crippen LogP contribution >= 0.6 is 23.2 Å². The molecule has 10 nitrogen and oxygen atoms in total. The lowest BCUT2D eigenvalue weighted by atomic mass is 9.87. The molecule has 0 bridgehead atoms. The van der Waals surface area contributed by atoms with E-state index in [-0.39, 0.29) is 30.3 Å². The van der Waals surface area contributed by atoms with Crippen molar-refractivity contribution in [2.75, 3.05) is 37.7 Å². The third kappa shape index (κ3) is 6.04. The quantitative estimate of drug-likeness (QED) is 0.358. The van der Waals surface area contributed by atoms with Crippen LogP contribution in [0.2, 0.25) is 10.0 Å². The topological polar surface area (TPSA) is 114 Å². The second kappa shape index (κ2) is 12.3. The van der Waals surface area contributed by atoms with Crippen molar-refractivity contribution in [1.82, 2.24) is 24.6 Å². The smallest absolute Gasteiger partial charge is 0.303 e. The molecule has 0 radical (unpaired) electrons. The van der Waals surface area contributed by atoms with Crippen LogP contribution in [-0.2, 0) is 14.3 Å². The summed E-state index contributed by atoms with van der Waals surface area (Å²) in [6.45, 7) is 7.80. The number of carboxylic acid groups (broad SMARTS) is 1. The standard InChI is InChI=1S/C28H34Cl2N6O4/c1-17-27-28(36(33-17)18(2)22-6-5-21(29)11-23(22)30)32-25(12-31-27)35-9-7-24(20(14-35)15-40-16-37)34-8-3-4-19(13-34)10-26(38)39/h5-6,11-12,16,18-20,24H,3-4,7-10,13-15H2,1-2H3,(H,38,39)/t18?,19?,20-,24?/m0/s1. The molecule has 214 valence electrons. The zero-order chi connectivity index (χ0) is 28.4. The molecule has 4 atom stereocenters. The molecule has 2 aliphatic heterocycles. The largest absolute Gasteiger partial charge is 0.481 e. The molecule has 2 fully saturated rings. The highest BCUT2D eigenvalue weighted by Crippen LogP contribution is 2.33. The fraction of sp³-hybridized carbons (Fsp3) is 0.536. The van der Waals surface area contributed by atoms with Crippen molar-refractivity contribution in [2.45, 2.75) is 51.6 Å². The second-order valence-electron chi connectivity index (χ2n) is 10.9. The maximum Gasteiger partial charge on any atom is 0.303 e.